The molecular weight excluding hydrogens is 394 g/mol. The van der Waals surface area contributed by atoms with Gasteiger partial charge in [-0.2, -0.15) is 0 Å². The highest BCUT2D eigenvalue weighted by Crippen LogP contribution is 2.11. The number of sulfonamides is 1. The van der Waals surface area contributed by atoms with Gasteiger partial charge >= 0.3 is 6.09 Å². The fourth-order valence-electron chi connectivity index (χ4n) is 2.27. The largest absolute Gasteiger partial charge is 0.445 e. The van der Waals surface area contributed by atoms with Crippen molar-refractivity contribution in [1.29, 1.82) is 0 Å². The first-order valence-electron chi connectivity index (χ1n) is 8.79. The molecule has 0 heterocycles. The lowest BCUT2D eigenvalue weighted by molar-refractivity contribution is -0.115. The molecule has 2 aromatic carbocycles. The molecule has 8 nitrogen and oxygen atoms in total. The van der Waals surface area contributed by atoms with Gasteiger partial charge in [-0.1, -0.05) is 48.5 Å². The molecule has 0 atom stereocenters. The molecule has 0 radical (unpaired) electrons. The number of nitrogens with one attached hydrogen (secondary N) is 3. The third-order valence-corrected chi connectivity index (χ3v) is 4.97. The Bertz CT molecular complexity index is 928. The monoisotopic (exact) mass is 417 g/mol. The van der Waals surface area contributed by atoms with Crippen molar-refractivity contribution < 1.29 is 22.7 Å². The summed E-state index contributed by atoms with van der Waals surface area (Å²) >= 11 is 0. The predicted molar refractivity (Wildman–Crippen MR) is 111 cm³/mol. The molecule has 2 rings (SSSR count). The van der Waals surface area contributed by atoms with Crippen LogP contribution in [0.4, 0.5) is 10.5 Å². The molecule has 154 valence electrons. The lowest BCUT2D eigenvalue weighted by Crippen LogP contribution is -2.33. The molecule has 0 spiro atoms. The molecule has 9 heteroatoms. The third kappa shape index (κ3) is 8.58. The van der Waals surface area contributed by atoms with Gasteiger partial charge < -0.3 is 15.4 Å². The zero-order chi connectivity index (χ0) is 21.1. The summed E-state index contributed by atoms with van der Waals surface area (Å²) in [6.45, 7) is 3.48. The van der Waals surface area contributed by atoms with E-state index in [0.29, 0.717) is 11.3 Å². The van der Waals surface area contributed by atoms with E-state index in [9.17, 15) is 18.0 Å². The van der Waals surface area contributed by atoms with Crippen LogP contribution >= 0.6 is 0 Å². The number of carbonyl (C=O) groups is 2. The van der Waals surface area contributed by atoms with Crippen LogP contribution in [0.5, 0.6) is 0 Å². The summed E-state index contributed by atoms with van der Waals surface area (Å²) in [5.74, 6) is -0.612. The van der Waals surface area contributed by atoms with Gasteiger partial charge in [0.15, 0.2) is 0 Å². The van der Waals surface area contributed by atoms with E-state index >= 15 is 0 Å². The molecule has 3 N–H and O–H groups in total. The van der Waals surface area contributed by atoms with Crippen molar-refractivity contribution >= 4 is 27.7 Å². The number of amides is 2. The van der Waals surface area contributed by atoms with Crippen molar-refractivity contribution in [2.75, 3.05) is 18.4 Å². The molecule has 0 bridgehead atoms. The van der Waals surface area contributed by atoms with E-state index < -0.39 is 22.0 Å². The number of hydrogen-bond donors (Lipinski definition) is 3. The molecule has 2 aromatic rings. The van der Waals surface area contributed by atoms with Crippen LogP contribution in [0.15, 0.2) is 67.3 Å². The summed E-state index contributed by atoms with van der Waals surface area (Å²) < 4.78 is 31.1. The highest BCUT2D eigenvalue weighted by molar-refractivity contribution is 7.88. The number of ether oxygens (including phenoxy) is 1. The molecule has 29 heavy (non-hydrogen) atoms. The Balaban J connectivity index is 1.74. The summed E-state index contributed by atoms with van der Waals surface area (Å²) in [5, 5.41) is 4.97. The minimum Gasteiger partial charge on any atom is -0.445 e. The van der Waals surface area contributed by atoms with Gasteiger partial charge in [0.25, 0.3) is 0 Å². The molecule has 0 aliphatic rings. The Morgan fingerprint density at radius 3 is 2.34 bits per heavy atom. The van der Waals surface area contributed by atoms with Crippen molar-refractivity contribution in [3.8, 4) is 0 Å². The van der Waals surface area contributed by atoms with Gasteiger partial charge in [0.05, 0.1) is 5.75 Å². The number of anilines is 1. The Kier molecular flexibility index (Phi) is 8.38. The second-order valence-corrected chi connectivity index (χ2v) is 7.86. The van der Waals surface area contributed by atoms with Crippen molar-refractivity contribution in [3.05, 3.63) is 78.4 Å². The zero-order valence-corrected chi connectivity index (χ0v) is 16.6. The van der Waals surface area contributed by atoms with E-state index in [4.69, 9.17) is 4.74 Å². The van der Waals surface area contributed by atoms with Gasteiger partial charge in [-0.15, -0.1) is 6.58 Å². The van der Waals surface area contributed by atoms with Crippen molar-refractivity contribution in [3.63, 3.8) is 0 Å². The van der Waals surface area contributed by atoms with E-state index in [1.54, 1.807) is 24.3 Å². The Morgan fingerprint density at radius 1 is 1.00 bits per heavy atom. The van der Waals surface area contributed by atoms with Crippen molar-refractivity contribution in [1.82, 2.24) is 10.0 Å². The summed E-state index contributed by atoms with van der Waals surface area (Å²) in [5.41, 5.74) is 1.89. The van der Waals surface area contributed by atoms with Gasteiger partial charge in [0, 0.05) is 12.2 Å². The first-order chi connectivity index (χ1) is 13.9. The number of carbonyl (C=O) groups excluding carboxylic acids is 2. The van der Waals surface area contributed by atoms with Crippen LogP contribution in [0.2, 0.25) is 0 Å². The molecule has 0 saturated carbocycles. The van der Waals surface area contributed by atoms with Crippen molar-refractivity contribution in [2.45, 2.75) is 12.4 Å². The summed E-state index contributed by atoms with van der Waals surface area (Å²) in [6.07, 6.45) is 0.762. The Hall–Kier alpha value is -3.17. The number of hydrogen-bond acceptors (Lipinski definition) is 5. The smallest absolute Gasteiger partial charge is 0.407 e. The van der Waals surface area contributed by atoms with Gasteiger partial charge in [-0.25, -0.2) is 17.9 Å². The van der Waals surface area contributed by atoms with Gasteiger partial charge in [-0.05, 0) is 23.3 Å². The quantitative estimate of drug-likeness (QED) is 0.513. The Morgan fingerprint density at radius 2 is 1.69 bits per heavy atom. The summed E-state index contributed by atoms with van der Waals surface area (Å²) in [7, 11) is -3.45. The number of alkyl carbamates (subject to hydrolysis) is 1. The van der Waals surface area contributed by atoms with E-state index in [1.807, 2.05) is 30.3 Å². The highest BCUT2D eigenvalue weighted by Gasteiger charge is 2.11. The third-order valence-electron chi connectivity index (χ3n) is 3.65. The molecule has 0 fully saturated rings. The van der Waals surface area contributed by atoms with Gasteiger partial charge in [0.2, 0.25) is 15.9 Å². The molecule has 0 aliphatic heterocycles. The van der Waals surface area contributed by atoms with Crippen LogP contribution in [-0.4, -0.2) is 33.5 Å². The lowest BCUT2D eigenvalue weighted by atomic mass is 10.2. The van der Waals surface area contributed by atoms with Crippen LogP contribution in [0, 0.1) is 0 Å². The summed E-state index contributed by atoms with van der Waals surface area (Å²) in [4.78, 5) is 23.6. The van der Waals surface area contributed by atoms with Crippen LogP contribution in [0.3, 0.4) is 0 Å². The second kappa shape index (κ2) is 11.0. The highest BCUT2D eigenvalue weighted by atomic mass is 32.2. The van der Waals surface area contributed by atoms with E-state index in [2.05, 4.69) is 21.9 Å². The lowest BCUT2D eigenvalue weighted by Gasteiger charge is -2.09. The van der Waals surface area contributed by atoms with Crippen molar-refractivity contribution in [2.24, 2.45) is 0 Å². The standard InChI is InChI=1S/C20H23N3O5S/c1-2-12-22-29(26,27)15-17-8-10-18(11-9-17)23-19(24)13-21-20(25)28-14-16-6-4-3-5-7-16/h2-11,22H,1,12-15H2,(H,21,25)(H,23,24). The Labute approximate surface area is 170 Å². The normalized spacial score (nSPS) is 10.8. The summed E-state index contributed by atoms with van der Waals surface area (Å²) in [6, 6.07) is 15.6. The van der Waals surface area contributed by atoms with Gasteiger partial charge in [0.1, 0.15) is 13.2 Å². The maximum Gasteiger partial charge on any atom is 0.407 e. The van der Waals surface area contributed by atoms with Gasteiger partial charge in [-0.3, -0.25) is 4.79 Å². The van der Waals surface area contributed by atoms with E-state index in [1.165, 1.54) is 6.08 Å². The first kappa shape index (κ1) is 22.1. The predicted octanol–water partition coefficient (Wildman–Crippen LogP) is 2.16. The second-order valence-electron chi connectivity index (χ2n) is 6.06. The zero-order valence-electron chi connectivity index (χ0n) is 15.8. The molecule has 0 aliphatic carbocycles. The maximum atomic E-state index is 11.9. The fourth-order valence-corrected chi connectivity index (χ4v) is 3.38. The average molecular weight is 417 g/mol. The minimum atomic E-state index is -3.45. The molecule has 2 amide bonds. The van der Waals surface area contributed by atoms with Crippen LogP contribution in [0.25, 0.3) is 0 Å². The maximum absolute atomic E-state index is 11.9. The van der Waals surface area contributed by atoms with Crippen LogP contribution < -0.4 is 15.4 Å². The fraction of sp³-hybridized carbons (Fsp3) is 0.200. The van der Waals surface area contributed by atoms with E-state index in [0.717, 1.165) is 5.56 Å². The molecule has 0 saturated heterocycles. The first-order valence-corrected chi connectivity index (χ1v) is 10.4. The average Bonchev–Trinajstić information content (AvgIpc) is 2.71. The topological polar surface area (TPSA) is 114 Å². The van der Waals surface area contributed by atoms with E-state index in [-0.39, 0.29) is 25.4 Å². The molecular formula is C20H23N3O5S. The minimum absolute atomic E-state index is 0.111. The SMILES string of the molecule is C=CCNS(=O)(=O)Cc1ccc(NC(=O)CNC(=O)OCc2ccccc2)cc1. The molecule has 0 aromatic heterocycles. The van der Waals surface area contributed by atoms with Crippen LogP contribution in [0.1, 0.15) is 11.1 Å². The number of rotatable bonds is 10. The molecule has 0 unspecified atom stereocenters. The number of benzene rings is 2. The van der Waals surface area contributed by atoms with Crippen LogP contribution in [-0.2, 0) is 31.9 Å².